The second kappa shape index (κ2) is 9.23. The van der Waals surface area contributed by atoms with Crippen LogP contribution in [0.2, 0.25) is 0 Å². The number of hydrogen-bond acceptors (Lipinski definition) is 8. The van der Waals surface area contributed by atoms with E-state index in [1.807, 2.05) is 38.1 Å². The third kappa shape index (κ3) is 4.24. The average molecular weight is 445 g/mol. The highest BCUT2D eigenvalue weighted by Crippen LogP contribution is 2.41. The zero-order valence-electron chi connectivity index (χ0n) is 18.1. The fourth-order valence-corrected chi connectivity index (χ4v) is 5.26. The lowest BCUT2D eigenvalue weighted by molar-refractivity contribution is -0.150. The molecular formula is C22H28N4O4S. The SMILES string of the molecule is CCOC(=O)[C@@H]1CCCN([C@H](c2ccc(OC)cc2)c2sc3nc(CC)nn3c2O)C1. The number of methoxy groups -OCH3 is 1. The van der Waals surface area contributed by atoms with Crippen LogP contribution in [0.1, 0.15) is 49.0 Å². The van der Waals surface area contributed by atoms with Gasteiger partial charge < -0.3 is 14.6 Å². The van der Waals surface area contributed by atoms with E-state index in [1.54, 1.807) is 7.11 Å². The van der Waals surface area contributed by atoms with E-state index in [0.29, 0.717) is 30.4 Å². The minimum absolute atomic E-state index is 0.103. The van der Waals surface area contributed by atoms with Gasteiger partial charge in [-0.3, -0.25) is 9.69 Å². The van der Waals surface area contributed by atoms with E-state index in [9.17, 15) is 9.90 Å². The Kier molecular flexibility index (Phi) is 6.43. The smallest absolute Gasteiger partial charge is 0.310 e. The lowest BCUT2D eigenvalue weighted by atomic mass is 9.94. The standard InChI is InChI=1S/C22H28N4O4S/c1-4-17-23-22-26(24-17)20(27)19(31-22)18(14-8-10-16(29-3)11-9-14)25-12-6-7-15(13-25)21(28)30-5-2/h8-11,15,18,27H,4-7,12-13H2,1-3H3/t15-,18-/m1/s1. The van der Waals surface area contributed by atoms with Crippen molar-refractivity contribution in [2.45, 2.75) is 39.2 Å². The van der Waals surface area contributed by atoms with Gasteiger partial charge in [0.15, 0.2) is 5.82 Å². The molecule has 3 aromatic rings. The summed E-state index contributed by atoms with van der Waals surface area (Å²) in [5.74, 6) is 1.25. The summed E-state index contributed by atoms with van der Waals surface area (Å²) in [6.45, 7) is 5.59. The highest BCUT2D eigenvalue weighted by atomic mass is 32.1. The van der Waals surface area contributed by atoms with Gasteiger partial charge >= 0.3 is 5.97 Å². The van der Waals surface area contributed by atoms with Crippen molar-refractivity contribution in [3.63, 3.8) is 0 Å². The van der Waals surface area contributed by atoms with Gasteiger partial charge in [-0.1, -0.05) is 30.4 Å². The van der Waals surface area contributed by atoms with Crippen molar-refractivity contribution in [2.75, 3.05) is 26.8 Å². The number of benzene rings is 1. The molecule has 0 spiro atoms. The number of esters is 1. The molecule has 0 saturated carbocycles. The molecular weight excluding hydrogens is 416 g/mol. The van der Waals surface area contributed by atoms with Gasteiger partial charge in [-0.25, -0.2) is 4.98 Å². The first-order valence-corrected chi connectivity index (χ1v) is 11.5. The third-order valence-electron chi connectivity index (χ3n) is 5.68. The molecule has 1 aromatic carbocycles. The molecule has 0 radical (unpaired) electrons. The fraction of sp³-hybridized carbons (Fsp3) is 0.500. The maximum absolute atomic E-state index is 12.4. The summed E-state index contributed by atoms with van der Waals surface area (Å²) in [6, 6.07) is 7.62. The number of nitrogens with zero attached hydrogens (tertiary/aromatic N) is 4. The summed E-state index contributed by atoms with van der Waals surface area (Å²) in [5, 5.41) is 15.5. The summed E-state index contributed by atoms with van der Waals surface area (Å²) < 4.78 is 12.1. The predicted octanol–water partition coefficient (Wildman–Crippen LogP) is 3.43. The highest BCUT2D eigenvalue weighted by Gasteiger charge is 2.35. The predicted molar refractivity (Wildman–Crippen MR) is 118 cm³/mol. The molecule has 1 aliphatic rings. The van der Waals surface area contributed by atoms with E-state index in [4.69, 9.17) is 9.47 Å². The van der Waals surface area contributed by atoms with E-state index in [0.717, 1.165) is 35.6 Å². The van der Waals surface area contributed by atoms with Crippen molar-refractivity contribution < 1.29 is 19.4 Å². The normalized spacial score (nSPS) is 18.2. The van der Waals surface area contributed by atoms with Crippen LogP contribution in [-0.4, -0.2) is 57.4 Å². The molecule has 1 N–H and O–H groups in total. The molecule has 9 heteroatoms. The van der Waals surface area contributed by atoms with Gasteiger partial charge in [0.2, 0.25) is 10.8 Å². The molecule has 166 valence electrons. The van der Waals surface area contributed by atoms with Gasteiger partial charge in [-0.2, -0.15) is 4.52 Å². The lowest BCUT2D eigenvalue weighted by Gasteiger charge is -2.37. The second-order valence-corrected chi connectivity index (χ2v) is 8.64. The summed E-state index contributed by atoms with van der Waals surface area (Å²) in [5.41, 5.74) is 1.01. The van der Waals surface area contributed by atoms with Crippen LogP contribution >= 0.6 is 11.3 Å². The average Bonchev–Trinajstić information content (AvgIpc) is 3.34. The number of hydrogen-bond donors (Lipinski definition) is 1. The van der Waals surface area contributed by atoms with E-state index in [1.165, 1.54) is 15.9 Å². The van der Waals surface area contributed by atoms with Crippen molar-refractivity contribution in [3.8, 4) is 11.6 Å². The monoisotopic (exact) mass is 444 g/mol. The molecule has 1 saturated heterocycles. The fourth-order valence-electron chi connectivity index (χ4n) is 4.13. The maximum Gasteiger partial charge on any atom is 0.310 e. The first-order chi connectivity index (χ1) is 15.0. The quantitative estimate of drug-likeness (QED) is 0.559. The van der Waals surface area contributed by atoms with Crippen LogP contribution < -0.4 is 4.74 Å². The number of thiazole rings is 1. The van der Waals surface area contributed by atoms with Crippen molar-refractivity contribution in [1.29, 1.82) is 0 Å². The molecule has 0 aliphatic carbocycles. The number of aromatic nitrogens is 3. The second-order valence-electron chi connectivity index (χ2n) is 7.63. The maximum atomic E-state index is 12.4. The van der Waals surface area contributed by atoms with Crippen molar-refractivity contribution in [2.24, 2.45) is 5.92 Å². The number of piperidine rings is 1. The summed E-state index contributed by atoms with van der Waals surface area (Å²) in [4.78, 5) is 20.6. The van der Waals surface area contributed by atoms with E-state index < -0.39 is 0 Å². The molecule has 1 aliphatic heterocycles. The Morgan fingerprint density at radius 3 is 2.74 bits per heavy atom. The Labute approximate surface area is 185 Å². The first-order valence-electron chi connectivity index (χ1n) is 10.7. The van der Waals surface area contributed by atoms with Crippen LogP contribution in [0.25, 0.3) is 4.96 Å². The number of ether oxygens (including phenoxy) is 2. The zero-order valence-corrected chi connectivity index (χ0v) is 18.9. The third-order valence-corrected chi connectivity index (χ3v) is 6.75. The van der Waals surface area contributed by atoms with Gasteiger partial charge in [0.25, 0.3) is 0 Å². The molecule has 1 fully saturated rings. The Hall–Kier alpha value is -2.65. The van der Waals surface area contributed by atoms with Gasteiger partial charge in [-0.05, 0) is 44.0 Å². The van der Waals surface area contributed by atoms with Gasteiger partial charge in [-0.15, -0.1) is 5.10 Å². The van der Waals surface area contributed by atoms with Gasteiger partial charge in [0.1, 0.15) is 5.75 Å². The Morgan fingerprint density at radius 2 is 2.10 bits per heavy atom. The number of likely N-dealkylation sites (tertiary alicyclic amines) is 1. The van der Waals surface area contributed by atoms with Crippen molar-refractivity contribution in [1.82, 2.24) is 19.5 Å². The number of rotatable bonds is 7. The minimum atomic E-state index is -0.221. The van der Waals surface area contributed by atoms with Gasteiger partial charge in [0.05, 0.1) is 30.6 Å². The van der Waals surface area contributed by atoms with Crippen molar-refractivity contribution in [3.05, 3.63) is 40.5 Å². The molecule has 3 heterocycles. The zero-order chi connectivity index (χ0) is 22.0. The van der Waals surface area contributed by atoms with Crippen LogP contribution in [0, 0.1) is 5.92 Å². The van der Waals surface area contributed by atoms with E-state index >= 15 is 0 Å². The van der Waals surface area contributed by atoms with Crippen LogP contribution in [0.5, 0.6) is 11.6 Å². The van der Waals surface area contributed by atoms with Crippen LogP contribution in [0.15, 0.2) is 24.3 Å². The Balaban J connectivity index is 1.73. The number of carbonyl (C=O) groups is 1. The molecule has 2 atom stereocenters. The molecule has 8 nitrogen and oxygen atoms in total. The largest absolute Gasteiger partial charge is 0.497 e. The number of aryl methyl sites for hydroxylation is 1. The molecule has 4 rings (SSSR count). The van der Waals surface area contributed by atoms with Crippen molar-refractivity contribution >= 4 is 22.3 Å². The Morgan fingerprint density at radius 1 is 1.32 bits per heavy atom. The number of carbonyl (C=O) groups excluding carboxylic acids is 1. The number of fused-ring (bicyclic) bond motifs is 1. The molecule has 0 bridgehead atoms. The van der Waals surface area contributed by atoms with Crippen LogP contribution in [-0.2, 0) is 16.0 Å². The van der Waals surface area contributed by atoms with Crippen LogP contribution in [0.4, 0.5) is 0 Å². The molecule has 0 amide bonds. The van der Waals surface area contributed by atoms with Crippen LogP contribution in [0.3, 0.4) is 0 Å². The molecule has 2 aromatic heterocycles. The summed E-state index contributed by atoms with van der Waals surface area (Å²) in [6.07, 6.45) is 2.40. The Bertz CT molecular complexity index is 1050. The highest BCUT2D eigenvalue weighted by molar-refractivity contribution is 7.17. The molecule has 0 unspecified atom stereocenters. The summed E-state index contributed by atoms with van der Waals surface area (Å²) >= 11 is 1.44. The first kappa shape index (κ1) is 21.6. The lowest BCUT2D eigenvalue weighted by Crippen LogP contribution is -2.41. The molecule has 31 heavy (non-hydrogen) atoms. The number of aromatic hydroxyl groups is 1. The summed E-state index contributed by atoms with van der Waals surface area (Å²) in [7, 11) is 1.64. The minimum Gasteiger partial charge on any atom is -0.497 e. The van der Waals surface area contributed by atoms with Gasteiger partial charge in [0, 0.05) is 13.0 Å². The topological polar surface area (TPSA) is 89.2 Å². The van der Waals surface area contributed by atoms with E-state index in [-0.39, 0.29) is 23.8 Å². The van der Waals surface area contributed by atoms with E-state index in [2.05, 4.69) is 15.0 Å².